The summed E-state index contributed by atoms with van der Waals surface area (Å²) in [4.78, 5) is 39.7. The fraction of sp³-hybridized carbons (Fsp3) is 0.389. The zero-order valence-corrected chi connectivity index (χ0v) is 16.5. The molecular weight excluding hydrogens is 388 g/mol. The molecule has 2 aliphatic heterocycles. The van der Waals surface area contributed by atoms with Crippen LogP contribution in [0.4, 0.5) is 4.79 Å². The average molecular weight is 409 g/mol. The monoisotopic (exact) mass is 408 g/mol. The summed E-state index contributed by atoms with van der Waals surface area (Å²) in [5.41, 5.74) is 0.821. The van der Waals surface area contributed by atoms with Gasteiger partial charge in [-0.15, -0.1) is 0 Å². The molecule has 0 spiro atoms. The van der Waals surface area contributed by atoms with Crippen molar-refractivity contribution in [3.8, 4) is 0 Å². The Morgan fingerprint density at radius 3 is 2.63 bits per heavy atom. The summed E-state index contributed by atoms with van der Waals surface area (Å²) >= 11 is 0.856. The van der Waals surface area contributed by atoms with Gasteiger partial charge < -0.3 is 4.90 Å². The average Bonchev–Trinajstić information content (AvgIpc) is 3.12. The zero-order valence-electron chi connectivity index (χ0n) is 14.8. The van der Waals surface area contributed by atoms with E-state index >= 15 is 0 Å². The van der Waals surface area contributed by atoms with Gasteiger partial charge in [0.05, 0.1) is 16.4 Å². The maximum absolute atomic E-state index is 12.5. The van der Waals surface area contributed by atoms with Crippen molar-refractivity contribution in [3.05, 3.63) is 40.8 Å². The lowest BCUT2D eigenvalue weighted by Crippen LogP contribution is -2.40. The molecule has 0 saturated carbocycles. The summed E-state index contributed by atoms with van der Waals surface area (Å²) < 4.78 is 23.1. The van der Waals surface area contributed by atoms with Crippen LogP contribution >= 0.6 is 11.8 Å². The number of benzene rings is 1. The van der Waals surface area contributed by atoms with Crippen LogP contribution in [0, 0.1) is 0 Å². The van der Waals surface area contributed by atoms with Crippen molar-refractivity contribution in [1.82, 2.24) is 9.80 Å². The molecular formula is C18H20N2O5S2. The molecule has 2 saturated heterocycles. The van der Waals surface area contributed by atoms with Gasteiger partial charge in [0.2, 0.25) is 5.91 Å². The molecule has 0 unspecified atom stereocenters. The van der Waals surface area contributed by atoms with Crippen LogP contribution in [0.2, 0.25) is 0 Å². The predicted octanol–water partition coefficient (Wildman–Crippen LogP) is 1.76. The van der Waals surface area contributed by atoms with Crippen LogP contribution in [-0.4, -0.2) is 66.4 Å². The van der Waals surface area contributed by atoms with Gasteiger partial charge in [0, 0.05) is 26.1 Å². The lowest BCUT2D eigenvalue weighted by molar-refractivity contribution is -0.132. The molecule has 0 aromatic heterocycles. The minimum Gasteiger partial charge on any atom is -0.342 e. The fourth-order valence-electron chi connectivity index (χ4n) is 3.06. The normalized spacial score (nSPS) is 23.2. The number of rotatable bonds is 5. The van der Waals surface area contributed by atoms with Crippen LogP contribution in [0.5, 0.6) is 0 Å². The predicted molar refractivity (Wildman–Crippen MR) is 104 cm³/mol. The second-order valence-corrected chi connectivity index (χ2v) is 9.78. The van der Waals surface area contributed by atoms with Crippen molar-refractivity contribution in [3.63, 3.8) is 0 Å². The maximum atomic E-state index is 12.5. The molecule has 2 aliphatic rings. The Morgan fingerprint density at radius 2 is 2.00 bits per heavy atom. The molecule has 0 radical (unpaired) electrons. The molecule has 9 heteroatoms. The number of imide groups is 1. The van der Waals surface area contributed by atoms with Gasteiger partial charge in [0.15, 0.2) is 9.84 Å². The van der Waals surface area contributed by atoms with Crippen molar-refractivity contribution in [2.45, 2.75) is 18.9 Å². The van der Waals surface area contributed by atoms with Gasteiger partial charge in [-0.3, -0.25) is 19.3 Å². The molecule has 1 atom stereocenters. The third-order valence-corrected chi connectivity index (χ3v) is 7.33. The standard InChI is InChI=1S/C18H20N2O5S2/c1-19(14-8-10-27(24,25)12-14)16(21)7-9-20-17(22)15(26-18(20)23)11-13-5-3-2-4-6-13/h2-6,11,14H,7-10,12H2,1H3/b15-11-/t14-/m0/s1. The Bertz CT molecular complexity index is 896. The summed E-state index contributed by atoms with van der Waals surface area (Å²) in [7, 11) is -1.52. The van der Waals surface area contributed by atoms with Gasteiger partial charge in [0.1, 0.15) is 0 Å². The lowest BCUT2D eigenvalue weighted by atomic mass is 10.2. The second-order valence-electron chi connectivity index (χ2n) is 6.56. The molecule has 2 fully saturated rings. The van der Waals surface area contributed by atoms with Gasteiger partial charge in [-0.05, 0) is 29.8 Å². The molecule has 27 heavy (non-hydrogen) atoms. The number of hydrogen-bond acceptors (Lipinski definition) is 6. The van der Waals surface area contributed by atoms with E-state index < -0.39 is 21.0 Å². The summed E-state index contributed by atoms with van der Waals surface area (Å²) in [6.45, 7) is -0.0144. The van der Waals surface area contributed by atoms with Crippen molar-refractivity contribution in [2.75, 3.05) is 25.1 Å². The second kappa shape index (κ2) is 7.85. The highest BCUT2D eigenvalue weighted by Gasteiger charge is 2.36. The van der Waals surface area contributed by atoms with Crippen LogP contribution < -0.4 is 0 Å². The van der Waals surface area contributed by atoms with Crippen LogP contribution in [0.1, 0.15) is 18.4 Å². The number of thioether (sulfide) groups is 1. The SMILES string of the molecule is CN(C(=O)CCN1C(=O)S/C(=C\c2ccccc2)C1=O)[C@H]1CCS(=O)(=O)C1. The first-order valence-electron chi connectivity index (χ1n) is 8.53. The quantitative estimate of drug-likeness (QED) is 0.690. The lowest BCUT2D eigenvalue weighted by Gasteiger charge is -2.24. The van der Waals surface area contributed by atoms with Crippen LogP contribution in [0.25, 0.3) is 6.08 Å². The van der Waals surface area contributed by atoms with Crippen LogP contribution in [-0.2, 0) is 19.4 Å². The summed E-state index contributed by atoms with van der Waals surface area (Å²) in [5.74, 6) is -0.629. The summed E-state index contributed by atoms with van der Waals surface area (Å²) in [6, 6.07) is 8.88. The molecule has 0 aliphatic carbocycles. The largest absolute Gasteiger partial charge is 0.342 e. The van der Waals surface area contributed by atoms with Gasteiger partial charge in [-0.25, -0.2) is 8.42 Å². The summed E-state index contributed by atoms with van der Waals surface area (Å²) in [5, 5.41) is -0.402. The number of sulfone groups is 1. The molecule has 144 valence electrons. The highest BCUT2D eigenvalue weighted by molar-refractivity contribution is 8.18. The molecule has 0 bridgehead atoms. The van der Waals surface area contributed by atoms with E-state index in [1.165, 1.54) is 4.90 Å². The van der Waals surface area contributed by atoms with E-state index in [4.69, 9.17) is 0 Å². The Balaban J connectivity index is 1.59. The first kappa shape index (κ1) is 19.6. The molecule has 1 aromatic carbocycles. The van der Waals surface area contributed by atoms with Gasteiger partial charge in [-0.1, -0.05) is 30.3 Å². The van der Waals surface area contributed by atoms with Gasteiger partial charge >= 0.3 is 0 Å². The number of hydrogen-bond donors (Lipinski definition) is 0. The van der Waals surface area contributed by atoms with Crippen LogP contribution in [0.15, 0.2) is 35.2 Å². The van der Waals surface area contributed by atoms with E-state index in [1.54, 1.807) is 13.1 Å². The molecule has 3 amide bonds. The third-order valence-electron chi connectivity index (χ3n) is 4.67. The van der Waals surface area contributed by atoms with Crippen molar-refractivity contribution in [2.24, 2.45) is 0 Å². The Kier molecular flexibility index (Phi) is 5.71. The highest BCUT2D eigenvalue weighted by Crippen LogP contribution is 2.32. The first-order chi connectivity index (χ1) is 12.8. The molecule has 0 N–H and O–H groups in total. The zero-order chi connectivity index (χ0) is 19.6. The Hall–Kier alpha value is -2.13. The number of amides is 3. The number of carbonyl (C=O) groups is 3. The molecule has 2 heterocycles. The van der Waals surface area contributed by atoms with E-state index in [-0.39, 0.29) is 36.4 Å². The topological polar surface area (TPSA) is 91.8 Å². The van der Waals surface area contributed by atoms with E-state index in [9.17, 15) is 22.8 Å². The number of carbonyl (C=O) groups excluding carboxylic acids is 3. The molecule has 1 aromatic rings. The van der Waals surface area contributed by atoms with E-state index in [1.807, 2.05) is 30.3 Å². The maximum Gasteiger partial charge on any atom is 0.293 e. The first-order valence-corrected chi connectivity index (χ1v) is 11.2. The summed E-state index contributed by atoms with van der Waals surface area (Å²) in [6.07, 6.45) is 2.05. The Labute approximate surface area is 162 Å². The smallest absolute Gasteiger partial charge is 0.293 e. The van der Waals surface area contributed by atoms with Gasteiger partial charge in [0.25, 0.3) is 11.1 Å². The van der Waals surface area contributed by atoms with E-state index in [0.29, 0.717) is 11.3 Å². The van der Waals surface area contributed by atoms with Crippen molar-refractivity contribution in [1.29, 1.82) is 0 Å². The molecule has 3 rings (SSSR count). The third kappa shape index (κ3) is 4.59. The minimum atomic E-state index is -3.08. The molecule has 7 nitrogen and oxygen atoms in total. The fourth-order valence-corrected chi connectivity index (χ4v) is 5.70. The van der Waals surface area contributed by atoms with E-state index in [2.05, 4.69) is 0 Å². The minimum absolute atomic E-state index is 0.0144. The van der Waals surface area contributed by atoms with Crippen molar-refractivity contribution < 1.29 is 22.8 Å². The van der Waals surface area contributed by atoms with Crippen molar-refractivity contribution >= 4 is 44.7 Å². The number of nitrogens with zero attached hydrogens (tertiary/aromatic N) is 2. The van der Waals surface area contributed by atoms with Gasteiger partial charge in [-0.2, -0.15) is 0 Å². The van der Waals surface area contributed by atoms with E-state index in [0.717, 1.165) is 22.2 Å². The highest BCUT2D eigenvalue weighted by atomic mass is 32.2. The van der Waals surface area contributed by atoms with Crippen LogP contribution in [0.3, 0.4) is 0 Å². The Morgan fingerprint density at radius 1 is 1.30 bits per heavy atom.